The molecule has 0 aliphatic heterocycles. The smallest absolute Gasteiger partial charge is 0.200 e. The molecule has 3 heteroatoms. The minimum atomic E-state index is 0.731. The van der Waals surface area contributed by atoms with E-state index in [1.807, 2.05) is 0 Å². The number of aromatic amines is 1. The Kier molecular flexibility index (Phi) is 2.11. The van der Waals surface area contributed by atoms with Gasteiger partial charge in [0.2, 0.25) is 5.95 Å². The van der Waals surface area contributed by atoms with Crippen molar-refractivity contribution in [3.05, 3.63) is 24.5 Å². The van der Waals surface area contributed by atoms with Crippen molar-refractivity contribution in [3.8, 4) is 0 Å². The number of nitrogens with zero attached hydrogens (tertiary/aromatic N) is 1. The minimum Gasteiger partial charge on any atom is -0.359 e. The van der Waals surface area contributed by atoms with Crippen molar-refractivity contribution in [2.45, 2.75) is 0 Å². The summed E-state index contributed by atoms with van der Waals surface area (Å²) in [5.41, 5.74) is 1.72. The molecule has 0 aliphatic carbocycles. The van der Waals surface area contributed by atoms with Crippen molar-refractivity contribution in [3.63, 3.8) is 0 Å². The topological polar surface area (TPSA) is 40.7 Å². The lowest BCUT2D eigenvalue weighted by atomic mass is 10.3. The van der Waals surface area contributed by atoms with Gasteiger partial charge in [0.05, 0.1) is 11.4 Å². The Morgan fingerprint density at radius 1 is 1.45 bits per heavy atom. The third kappa shape index (κ3) is 1.32. The molecule has 0 unspecified atom stereocenters. The van der Waals surface area contributed by atoms with Crippen LogP contribution in [0, 0.1) is 0 Å². The fourth-order valence-corrected chi connectivity index (χ4v) is 0.830. The number of aromatic nitrogens is 2. The van der Waals surface area contributed by atoms with Gasteiger partial charge in [0, 0.05) is 7.05 Å². The Labute approximate surface area is 65.9 Å². The van der Waals surface area contributed by atoms with Crippen LogP contribution in [0.1, 0.15) is 11.4 Å². The Morgan fingerprint density at radius 3 is 2.55 bits per heavy atom. The molecule has 0 amide bonds. The zero-order chi connectivity index (χ0) is 8.27. The van der Waals surface area contributed by atoms with E-state index in [1.54, 1.807) is 19.2 Å². The largest absolute Gasteiger partial charge is 0.359 e. The zero-order valence-electron chi connectivity index (χ0n) is 6.52. The SMILES string of the molecule is C=Cc1nc(NC)[nH]c1C=C. The van der Waals surface area contributed by atoms with Crippen LogP contribution in [0.3, 0.4) is 0 Å². The highest BCUT2D eigenvalue weighted by atomic mass is 15.1. The maximum absolute atomic E-state index is 4.16. The monoisotopic (exact) mass is 149 g/mol. The predicted octanol–water partition coefficient (Wildman–Crippen LogP) is 1.74. The highest BCUT2D eigenvalue weighted by Crippen LogP contribution is 2.11. The first-order chi connectivity index (χ1) is 5.31. The first kappa shape index (κ1) is 7.60. The molecule has 0 spiro atoms. The second-order valence-electron chi connectivity index (χ2n) is 2.04. The summed E-state index contributed by atoms with van der Waals surface area (Å²) >= 11 is 0. The van der Waals surface area contributed by atoms with Gasteiger partial charge in [0.1, 0.15) is 0 Å². The molecule has 0 saturated carbocycles. The number of imidazole rings is 1. The summed E-state index contributed by atoms with van der Waals surface area (Å²) in [7, 11) is 1.80. The zero-order valence-corrected chi connectivity index (χ0v) is 6.52. The first-order valence-corrected chi connectivity index (χ1v) is 3.34. The van der Waals surface area contributed by atoms with Gasteiger partial charge in [0.25, 0.3) is 0 Å². The Hall–Kier alpha value is -1.51. The number of H-pyrrole nitrogens is 1. The van der Waals surface area contributed by atoms with Crippen molar-refractivity contribution in [1.29, 1.82) is 0 Å². The molecule has 0 bridgehead atoms. The van der Waals surface area contributed by atoms with E-state index < -0.39 is 0 Å². The van der Waals surface area contributed by atoms with Crippen LogP contribution < -0.4 is 5.32 Å². The molecule has 0 fully saturated rings. The molecule has 3 nitrogen and oxygen atoms in total. The highest BCUT2D eigenvalue weighted by molar-refractivity contribution is 5.60. The van der Waals surface area contributed by atoms with Crippen LogP contribution in [0.25, 0.3) is 12.2 Å². The standard InChI is InChI=1S/C8H11N3/c1-4-6-7(5-2)11-8(9-3)10-6/h4-5H,1-2H2,3H3,(H2,9,10,11). The van der Waals surface area contributed by atoms with Gasteiger partial charge in [-0.15, -0.1) is 0 Å². The number of rotatable bonds is 3. The normalized spacial score (nSPS) is 9.18. The van der Waals surface area contributed by atoms with Crippen LogP contribution in [-0.4, -0.2) is 17.0 Å². The molecule has 0 radical (unpaired) electrons. The molecule has 11 heavy (non-hydrogen) atoms. The van der Waals surface area contributed by atoms with E-state index in [4.69, 9.17) is 0 Å². The Morgan fingerprint density at radius 2 is 2.18 bits per heavy atom. The second kappa shape index (κ2) is 3.05. The van der Waals surface area contributed by atoms with Gasteiger partial charge >= 0.3 is 0 Å². The number of nitrogens with one attached hydrogen (secondary N) is 2. The van der Waals surface area contributed by atoms with E-state index in [-0.39, 0.29) is 0 Å². The van der Waals surface area contributed by atoms with Gasteiger partial charge in [-0.1, -0.05) is 13.2 Å². The van der Waals surface area contributed by atoms with E-state index in [1.165, 1.54) is 0 Å². The third-order valence-electron chi connectivity index (χ3n) is 1.40. The molecule has 0 aromatic carbocycles. The van der Waals surface area contributed by atoms with Crippen LogP contribution in [-0.2, 0) is 0 Å². The molecule has 2 N–H and O–H groups in total. The molecule has 0 atom stereocenters. The van der Waals surface area contributed by atoms with Crippen molar-refractivity contribution in [1.82, 2.24) is 9.97 Å². The fraction of sp³-hybridized carbons (Fsp3) is 0.125. The van der Waals surface area contributed by atoms with Gasteiger partial charge in [-0.25, -0.2) is 4.98 Å². The van der Waals surface area contributed by atoms with Crippen molar-refractivity contribution in [2.24, 2.45) is 0 Å². The molecule has 58 valence electrons. The van der Waals surface area contributed by atoms with Crippen molar-refractivity contribution >= 4 is 18.1 Å². The lowest BCUT2D eigenvalue weighted by Gasteiger charge is -1.87. The molecular formula is C8H11N3. The summed E-state index contributed by atoms with van der Waals surface area (Å²) in [6.45, 7) is 7.27. The van der Waals surface area contributed by atoms with Crippen molar-refractivity contribution < 1.29 is 0 Å². The van der Waals surface area contributed by atoms with Crippen LogP contribution in [0.2, 0.25) is 0 Å². The number of anilines is 1. The molecule has 0 saturated heterocycles. The average molecular weight is 149 g/mol. The second-order valence-corrected chi connectivity index (χ2v) is 2.04. The summed E-state index contributed by atoms with van der Waals surface area (Å²) in [4.78, 5) is 7.18. The van der Waals surface area contributed by atoms with E-state index in [2.05, 4.69) is 28.4 Å². The van der Waals surface area contributed by atoms with Crippen molar-refractivity contribution in [2.75, 3.05) is 12.4 Å². The molecule has 1 rings (SSSR count). The summed E-state index contributed by atoms with van der Waals surface area (Å²) in [6, 6.07) is 0. The summed E-state index contributed by atoms with van der Waals surface area (Å²) in [5.74, 6) is 0.731. The lowest BCUT2D eigenvalue weighted by molar-refractivity contribution is 1.25. The van der Waals surface area contributed by atoms with Gasteiger partial charge in [-0.3, -0.25) is 0 Å². The predicted molar refractivity (Wildman–Crippen MR) is 48.3 cm³/mol. The Balaban J connectivity index is 3.11. The third-order valence-corrected chi connectivity index (χ3v) is 1.40. The van der Waals surface area contributed by atoms with Crippen LogP contribution >= 0.6 is 0 Å². The maximum Gasteiger partial charge on any atom is 0.200 e. The Bertz CT molecular complexity index is 247. The lowest BCUT2D eigenvalue weighted by Crippen LogP contribution is -1.88. The fourth-order valence-electron chi connectivity index (χ4n) is 0.830. The quantitative estimate of drug-likeness (QED) is 0.687. The van der Waals surface area contributed by atoms with Crippen LogP contribution in [0.4, 0.5) is 5.95 Å². The molecule has 1 aromatic heterocycles. The minimum absolute atomic E-state index is 0.731. The van der Waals surface area contributed by atoms with E-state index >= 15 is 0 Å². The van der Waals surface area contributed by atoms with Gasteiger partial charge in [-0.2, -0.15) is 0 Å². The molecule has 1 heterocycles. The maximum atomic E-state index is 4.16. The summed E-state index contributed by atoms with van der Waals surface area (Å²) in [6.07, 6.45) is 3.40. The average Bonchev–Trinajstić information content (AvgIpc) is 2.46. The van der Waals surface area contributed by atoms with Crippen LogP contribution in [0.5, 0.6) is 0 Å². The van der Waals surface area contributed by atoms with Gasteiger partial charge < -0.3 is 10.3 Å². The number of hydrogen-bond donors (Lipinski definition) is 2. The van der Waals surface area contributed by atoms with E-state index in [0.29, 0.717) is 0 Å². The molecule has 1 aromatic rings. The summed E-state index contributed by atoms with van der Waals surface area (Å²) in [5, 5.41) is 2.89. The summed E-state index contributed by atoms with van der Waals surface area (Å²) < 4.78 is 0. The highest BCUT2D eigenvalue weighted by Gasteiger charge is 2.01. The number of hydrogen-bond acceptors (Lipinski definition) is 2. The van der Waals surface area contributed by atoms with Gasteiger partial charge in [-0.05, 0) is 12.2 Å². The van der Waals surface area contributed by atoms with E-state index in [0.717, 1.165) is 17.3 Å². The first-order valence-electron chi connectivity index (χ1n) is 3.34. The van der Waals surface area contributed by atoms with Crippen LogP contribution in [0.15, 0.2) is 13.2 Å². The molecular weight excluding hydrogens is 138 g/mol. The molecule has 0 aliphatic rings. The van der Waals surface area contributed by atoms with E-state index in [9.17, 15) is 0 Å². The van der Waals surface area contributed by atoms with Gasteiger partial charge in [0.15, 0.2) is 0 Å².